The SMILES string of the molecule is N#CCN(C(=O)CSc1nnc(-c2cccc(Cl)c2)n1N)c1ccccc1. The molecule has 136 valence electrons. The van der Waals surface area contributed by atoms with Gasteiger partial charge < -0.3 is 5.84 Å². The van der Waals surface area contributed by atoms with E-state index in [1.807, 2.05) is 30.3 Å². The predicted octanol–water partition coefficient (Wildman–Crippen LogP) is 2.96. The Kier molecular flexibility index (Phi) is 5.96. The van der Waals surface area contributed by atoms with Crippen LogP contribution in [-0.4, -0.2) is 33.1 Å². The fourth-order valence-electron chi connectivity index (χ4n) is 2.41. The van der Waals surface area contributed by atoms with Crippen molar-refractivity contribution in [2.75, 3.05) is 23.0 Å². The number of hydrogen-bond donors (Lipinski definition) is 1. The lowest BCUT2D eigenvalue weighted by atomic mass is 10.2. The fraction of sp³-hybridized carbons (Fsp3) is 0.111. The van der Waals surface area contributed by atoms with Crippen molar-refractivity contribution >= 4 is 35.0 Å². The van der Waals surface area contributed by atoms with Gasteiger partial charge in [-0.15, -0.1) is 10.2 Å². The minimum Gasteiger partial charge on any atom is -0.335 e. The van der Waals surface area contributed by atoms with E-state index < -0.39 is 0 Å². The van der Waals surface area contributed by atoms with E-state index in [2.05, 4.69) is 10.2 Å². The molecular weight excluding hydrogens is 384 g/mol. The maximum Gasteiger partial charge on any atom is 0.238 e. The highest BCUT2D eigenvalue weighted by Gasteiger charge is 2.18. The molecule has 0 aliphatic heterocycles. The zero-order chi connectivity index (χ0) is 19.2. The lowest BCUT2D eigenvalue weighted by molar-refractivity contribution is -0.116. The van der Waals surface area contributed by atoms with Crippen molar-refractivity contribution in [3.05, 3.63) is 59.6 Å². The molecule has 0 radical (unpaired) electrons. The molecule has 2 N–H and O–H groups in total. The topological polar surface area (TPSA) is 101 Å². The van der Waals surface area contributed by atoms with Crippen molar-refractivity contribution in [2.24, 2.45) is 0 Å². The number of benzene rings is 2. The van der Waals surface area contributed by atoms with Crippen LogP contribution in [0.3, 0.4) is 0 Å². The molecule has 7 nitrogen and oxygen atoms in total. The van der Waals surface area contributed by atoms with E-state index in [4.69, 9.17) is 22.7 Å². The Labute approximate surface area is 165 Å². The maximum atomic E-state index is 12.6. The molecular formula is C18H15ClN6OS. The molecule has 0 saturated carbocycles. The summed E-state index contributed by atoms with van der Waals surface area (Å²) in [5.74, 6) is 6.37. The molecule has 1 aromatic heterocycles. The largest absolute Gasteiger partial charge is 0.335 e. The number of nitrogen functional groups attached to an aromatic ring is 1. The number of thioether (sulfide) groups is 1. The first kappa shape index (κ1) is 18.8. The molecule has 3 aromatic rings. The smallest absolute Gasteiger partial charge is 0.238 e. The third-order valence-electron chi connectivity index (χ3n) is 3.67. The molecule has 3 rings (SSSR count). The van der Waals surface area contributed by atoms with Crippen molar-refractivity contribution < 1.29 is 4.79 Å². The number of hydrogen-bond acceptors (Lipinski definition) is 6. The van der Waals surface area contributed by atoms with Gasteiger partial charge in [-0.2, -0.15) is 5.26 Å². The maximum absolute atomic E-state index is 12.6. The molecule has 9 heteroatoms. The van der Waals surface area contributed by atoms with Crippen molar-refractivity contribution in [1.29, 1.82) is 5.26 Å². The Hall–Kier alpha value is -3.02. The third kappa shape index (κ3) is 4.39. The average Bonchev–Trinajstić information content (AvgIpc) is 3.05. The molecule has 0 fully saturated rings. The minimum atomic E-state index is -0.222. The molecule has 2 aromatic carbocycles. The number of halogens is 1. The molecule has 0 unspecified atom stereocenters. The van der Waals surface area contributed by atoms with Gasteiger partial charge in [0.1, 0.15) is 6.54 Å². The molecule has 0 bridgehead atoms. The standard InChI is InChI=1S/C18H15ClN6OS/c19-14-6-4-5-13(11-14)17-22-23-18(25(17)21)27-12-16(26)24(10-9-20)15-7-2-1-3-8-15/h1-8,11H,10,12,21H2. The van der Waals surface area contributed by atoms with Gasteiger partial charge in [-0.1, -0.05) is 53.7 Å². The van der Waals surface area contributed by atoms with Crippen LogP contribution >= 0.6 is 23.4 Å². The van der Waals surface area contributed by atoms with Crippen molar-refractivity contribution in [3.63, 3.8) is 0 Å². The number of carbonyl (C=O) groups is 1. The summed E-state index contributed by atoms with van der Waals surface area (Å²) in [6, 6.07) is 18.2. The summed E-state index contributed by atoms with van der Waals surface area (Å²) in [7, 11) is 0. The number of carbonyl (C=O) groups excluding carboxylic acids is 1. The first-order valence-corrected chi connectivity index (χ1v) is 9.28. The van der Waals surface area contributed by atoms with Crippen molar-refractivity contribution in [2.45, 2.75) is 5.16 Å². The number of rotatable bonds is 6. The van der Waals surface area contributed by atoms with Crippen LogP contribution in [0.2, 0.25) is 5.02 Å². The summed E-state index contributed by atoms with van der Waals surface area (Å²) >= 11 is 7.15. The number of nitrogens with zero attached hydrogens (tertiary/aromatic N) is 5. The Bertz CT molecular complexity index is 985. The molecule has 1 amide bonds. The Morgan fingerprint density at radius 1 is 1.22 bits per heavy atom. The van der Waals surface area contributed by atoms with Gasteiger partial charge in [-0.05, 0) is 24.3 Å². The summed E-state index contributed by atoms with van der Waals surface area (Å²) < 4.78 is 1.32. The van der Waals surface area contributed by atoms with Gasteiger partial charge in [0.2, 0.25) is 11.1 Å². The summed E-state index contributed by atoms with van der Waals surface area (Å²) in [5.41, 5.74) is 1.39. The van der Waals surface area contributed by atoms with Crippen LogP contribution in [0.15, 0.2) is 59.8 Å². The van der Waals surface area contributed by atoms with Gasteiger partial charge in [-0.3, -0.25) is 9.69 Å². The quantitative estimate of drug-likeness (QED) is 0.389. The van der Waals surface area contributed by atoms with Gasteiger partial charge in [0.15, 0.2) is 5.82 Å². The second-order valence-corrected chi connectivity index (χ2v) is 6.83. The second kappa shape index (κ2) is 8.58. The summed E-state index contributed by atoms with van der Waals surface area (Å²) in [6.45, 7) is -0.0352. The summed E-state index contributed by atoms with van der Waals surface area (Å²) in [5, 5.41) is 18.1. The van der Waals surface area contributed by atoms with Crippen LogP contribution < -0.4 is 10.7 Å². The second-order valence-electron chi connectivity index (χ2n) is 5.45. The first-order chi connectivity index (χ1) is 13.1. The van der Waals surface area contributed by atoms with Crippen LogP contribution in [0, 0.1) is 11.3 Å². The lowest BCUT2D eigenvalue weighted by Gasteiger charge is -2.19. The number of nitriles is 1. The van der Waals surface area contributed by atoms with Crippen LogP contribution in [0.1, 0.15) is 0 Å². The molecule has 0 saturated heterocycles. The Morgan fingerprint density at radius 3 is 2.70 bits per heavy atom. The highest BCUT2D eigenvalue weighted by atomic mass is 35.5. The van der Waals surface area contributed by atoms with Crippen LogP contribution in [-0.2, 0) is 4.79 Å². The van der Waals surface area contributed by atoms with E-state index in [1.165, 1.54) is 9.58 Å². The van der Waals surface area contributed by atoms with E-state index in [-0.39, 0.29) is 18.2 Å². The monoisotopic (exact) mass is 398 g/mol. The third-order valence-corrected chi connectivity index (χ3v) is 4.83. The molecule has 0 aliphatic rings. The summed E-state index contributed by atoms with van der Waals surface area (Å²) in [6.07, 6.45) is 0. The van der Waals surface area contributed by atoms with Gasteiger partial charge >= 0.3 is 0 Å². The van der Waals surface area contributed by atoms with Crippen LogP contribution in [0.5, 0.6) is 0 Å². The van der Waals surface area contributed by atoms with E-state index in [9.17, 15) is 4.79 Å². The molecule has 27 heavy (non-hydrogen) atoms. The van der Waals surface area contributed by atoms with E-state index in [0.717, 1.165) is 17.3 Å². The molecule has 0 atom stereocenters. The molecule has 1 heterocycles. The number of nitrogens with two attached hydrogens (primary N) is 1. The Morgan fingerprint density at radius 2 is 2.00 bits per heavy atom. The normalized spacial score (nSPS) is 10.4. The van der Waals surface area contributed by atoms with Gasteiger partial charge in [0.05, 0.1) is 11.8 Å². The van der Waals surface area contributed by atoms with Gasteiger partial charge in [0.25, 0.3) is 0 Å². The summed E-state index contributed by atoms with van der Waals surface area (Å²) in [4.78, 5) is 14.0. The first-order valence-electron chi connectivity index (χ1n) is 7.91. The zero-order valence-electron chi connectivity index (χ0n) is 14.1. The lowest BCUT2D eigenvalue weighted by Crippen LogP contribution is -2.32. The van der Waals surface area contributed by atoms with Gasteiger partial charge in [0, 0.05) is 16.3 Å². The molecule has 0 aliphatic carbocycles. The number of para-hydroxylation sites is 1. The highest BCUT2D eigenvalue weighted by molar-refractivity contribution is 7.99. The predicted molar refractivity (Wildman–Crippen MR) is 106 cm³/mol. The van der Waals surface area contributed by atoms with Crippen molar-refractivity contribution in [3.8, 4) is 17.5 Å². The fourth-order valence-corrected chi connectivity index (χ4v) is 3.33. The van der Waals surface area contributed by atoms with Crippen LogP contribution in [0.25, 0.3) is 11.4 Å². The average molecular weight is 399 g/mol. The minimum absolute atomic E-state index is 0.0352. The van der Waals surface area contributed by atoms with E-state index >= 15 is 0 Å². The van der Waals surface area contributed by atoms with E-state index in [1.54, 1.807) is 30.3 Å². The Balaban J connectivity index is 1.73. The highest BCUT2D eigenvalue weighted by Crippen LogP contribution is 2.24. The molecule has 0 spiro atoms. The van der Waals surface area contributed by atoms with E-state index in [0.29, 0.717) is 21.7 Å². The van der Waals surface area contributed by atoms with Gasteiger partial charge in [-0.25, -0.2) is 4.68 Å². The number of anilines is 1. The van der Waals surface area contributed by atoms with Crippen molar-refractivity contribution in [1.82, 2.24) is 14.9 Å². The van der Waals surface area contributed by atoms with Crippen LogP contribution in [0.4, 0.5) is 5.69 Å². The number of amides is 1. The zero-order valence-corrected chi connectivity index (χ0v) is 15.7. The number of aromatic nitrogens is 3.